The van der Waals surface area contributed by atoms with E-state index in [0.29, 0.717) is 29.8 Å². The van der Waals surface area contributed by atoms with Crippen LogP contribution in [0.1, 0.15) is 13.8 Å². The zero-order chi connectivity index (χ0) is 15.7. The molecule has 2 atom stereocenters. The third kappa shape index (κ3) is 3.34. The van der Waals surface area contributed by atoms with Gasteiger partial charge in [-0.25, -0.2) is 9.97 Å². The first-order valence-corrected chi connectivity index (χ1v) is 8.96. The van der Waals surface area contributed by atoms with Gasteiger partial charge in [0.15, 0.2) is 5.16 Å². The van der Waals surface area contributed by atoms with Gasteiger partial charge >= 0.3 is 0 Å². The van der Waals surface area contributed by atoms with Crippen molar-refractivity contribution in [2.75, 3.05) is 24.6 Å². The summed E-state index contributed by atoms with van der Waals surface area (Å²) in [6.45, 7) is 5.24. The predicted molar refractivity (Wildman–Crippen MR) is 89.1 cm³/mol. The van der Waals surface area contributed by atoms with E-state index in [9.17, 15) is 4.79 Å². The zero-order valence-corrected chi connectivity index (χ0v) is 14.1. The van der Waals surface area contributed by atoms with Crippen LogP contribution < -0.4 is 5.73 Å². The summed E-state index contributed by atoms with van der Waals surface area (Å²) in [6.07, 6.45) is 0.152. The molecule has 1 aliphatic rings. The third-order valence-electron chi connectivity index (χ3n) is 3.43. The van der Waals surface area contributed by atoms with Crippen LogP contribution in [0.5, 0.6) is 0 Å². The van der Waals surface area contributed by atoms with Crippen LogP contribution in [0.15, 0.2) is 16.6 Å². The molecule has 118 valence electrons. The van der Waals surface area contributed by atoms with Gasteiger partial charge in [-0.3, -0.25) is 4.79 Å². The summed E-state index contributed by atoms with van der Waals surface area (Å²) >= 11 is 2.85. The third-order valence-corrected chi connectivity index (χ3v) is 5.07. The second-order valence-electron chi connectivity index (χ2n) is 5.38. The molecule has 3 rings (SSSR count). The Kier molecular flexibility index (Phi) is 4.51. The van der Waals surface area contributed by atoms with Gasteiger partial charge in [0.2, 0.25) is 5.91 Å². The molecule has 0 spiro atoms. The Morgan fingerprint density at radius 3 is 2.91 bits per heavy atom. The molecule has 2 aromatic heterocycles. The molecule has 8 heteroatoms. The number of anilines is 1. The van der Waals surface area contributed by atoms with Gasteiger partial charge in [0, 0.05) is 13.1 Å². The van der Waals surface area contributed by atoms with Crippen molar-refractivity contribution in [3.05, 3.63) is 11.4 Å². The largest absolute Gasteiger partial charge is 0.383 e. The topological polar surface area (TPSA) is 81.3 Å². The Hall–Kier alpha value is -1.38. The van der Waals surface area contributed by atoms with Gasteiger partial charge in [0.25, 0.3) is 0 Å². The normalized spacial score (nSPS) is 22.2. The minimum absolute atomic E-state index is 0.0760. The molecule has 2 aromatic rings. The van der Waals surface area contributed by atoms with E-state index in [1.165, 1.54) is 23.1 Å². The molecule has 1 aliphatic heterocycles. The number of nitrogens with two attached hydrogens (primary N) is 1. The summed E-state index contributed by atoms with van der Waals surface area (Å²) < 4.78 is 5.64. The molecule has 22 heavy (non-hydrogen) atoms. The van der Waals surface area contributed by atoms with Crippen molar-refractivity contribution in [3.63, 3.8) is 0 Å². The first-order valence-electron chi connectivity index (χ1n) is 7.09. The standard InChI is InChI=1S/C14H18N4O2S2/c1-8-5-18(6-9(2)20-8)11(19)7-22-14-16-12(15)10-3-4-21-13(10)17-14/h3-4,8-9H,5-7H2,1-2H3,(H2,15,16,17)/t8-,9-/m0/s1. The molecular formula is C14H18N4O2S2. The van der Waals surface area contributed by atoms with Gasteiger partial charge in [-0.1, -0.05) is 11.8 Å². The van der Waals surface area contributed by atoms with Crippen molar-refractivity contribution in [1.82, 2.24) is 14.9 Å². The fourth-order valence-corrected chi connectivity index (χ4v) is 4.11. The summed E-state index contributed by atoms with van der Waals surface area (Å²) in [7, 11) is 0. The highest BCUT2D eigenvalue weighted by Gasteiger charge is 2.25. The Labute approximate surface area is 137 Å². The Balaban J connectivity index is 1.64. The van der Waals surface area contributed by atoms with Gasteiger partial charge in [0.1, 0.15) is 10.6 Å². The number of nitrogen functional groups attached to an aromatic ring is 1. The second-order valence-corrected chi connectivity index (χ2v) is 7.21. The minimum Gasteiger partial charge on any atom is -0.383 e. The summed E-state index contributed by atoms with van der Waals surface area (Å²) in [5.41, 5.74) is 5.92. The zero-order valence-electron chi connectivity index (χ0n) is 12.5. The van der Waals surface area contributed by atoms with E-state index >= 15 is 0 Å². The van der Waals surface area contributed by atoms with E-state index in [1.807, 2.05) is 30.2 Å². The van der Waals surface area contributed by atoms with Gasteiger partial charge in [-0.2, -0.15) is 0 Å². The number of fused-ring (bicyclic) bond motifs is 1. The maximum atomic E-state index is 12.3. The lowest BCUT2D eigenvalue weighted by atomic mass is 10.2. The summed E-state index contributed by atoms with van der Waals surface area (Å²) in [4.78, 5) is 23.7. The van der Waals surface area contributed by atoms with Crippen molar-refractivity contribution in [1.29, 1.82) is 0 Å². The number of thiophene rings is 1. The van der Waals surface area contributed by atoms with Crippen LogP contribution in [0.2, 0.25) is 0 Å². The smallest absolute Gasteiger partial charge is 0.233 e. The molecule has 3 heterocycles. The monoisotopic (exact) mass is 338 g/mol. The van der Waals surface area contributed by atoms with Crippen LogP contribution >= 0.6 is 23.1 Å². The second kappa shape index (κ2) is 6.39. The number of aromatic nitrogens is 2. The number of ether oxygens (including phenoxy) is 1. The highest BCUT2D eigenvalue weighted by Crippen LogP contribution is 2.26. The highest BCUT2D eigenvalue weighted by atomic mass is 32.2. The van der Waals surface area contributed by atoms with Crippen molar-refractivity contribution in [3.8, 4) is 0 Å². The van der Waals surface area contributed by atoms with Crippen molar-refractivity contribution >= 4 is 45.0 Å². The number of thioether (sulfide) groups is 1. The molecule has 1 saturated heterocycles. The average Bonchev–Trinajstić information content (AvgIpc) is 2.92. The highest BCUT2D eigenvalue weighted by molar-refractivity contribution is 7.99. The van der Waals surface area contributed by atoms with E-state index in [0.717, 1.165) is 10.2 Å². The number of hydrogen-bond donors (Lipinski definition) is 1. The molecular weight excluding hydrogens is 320 g/mol. The number of hydrogen-bond acceptors (Lipinski definition) is 7. The van der Waals surface area contributed by atoms with E-state index in [4.69, 9.17) is 10.5 Å². The number of carbonyl (C=O) groups is 1. The van der Waals surface area contributed by atoms with Crippen LogP contribution in [0.25, 0.3) is 10.2 Å². The number of nitrogens with zero attached hydrogens (tertiary/aromatic N) is 3. The van der Waals surface area contributed by atoms with Crippen molar-refractivity contribution in [2.45, 2.75) is 31.2 Å². The van der Waals surface area contributed by atoms with Gasteiger partial charge < -0.3 is 15.4 Å². The lowest BCUT2D eigenvalue weighted by Gasteiger charge is -2.35. The maximum Gasteiger partial charge on any atom is 0.233 e. The Morgan fingerprint density at radius 1 is 1.45 bits per heavy atom. The first kappa shape index (κ1) is 15.5. The van der Waals surface area contributed by atoms with Gasteiger partial charge in [-0.05, 0) is 25.3 Å². The summed E-state index contributed by atoms with van der Waals surface area (Å²) in [6, 6.07) is 1.91. The van der Waals surface area contributed by atoms with Crippen LogP contribution in [0, 0.1) is 0 Å². The fraction of sp³-hybridized carbons (Fsp3) is 0.500. The van der Waals surface area contributed by atoms with Crippen LogP contribution in [0.3, 0.4) is 0 Å². The van der Waals surface area contributed by atoms with E-state index in [2.05, 4.69) is 9.97 Å². The van der Waals surface area contributed by atoms with Crippen LogP contribution in [-0.4, -0.2) is 51.8 Å². The summed E-state index contributed by atoms with van der Waals surface area (Å²) in [5, 5.41) is 3.36. The van der Waals surface area contributed by atoms with Crippen molar-refractivity contribution < 1.29 is 9.53 Å². The molecule has 0 saturated carbocycles. The Morgan fingerprint density at radius 2 is 2.18 bits per heavy atom. The number of morpholine rings is 1. The van der Waals surface area contributed by atoms with E-state index in [1.54, 1.807) is 0 Å². The Bertz CT molecular complexity index is 681. The number of rotatable bonds is 3. The average molecular weight is 338 g/mol. The quantitative estimate of drug-likeness (QED) is 0.681. The lowest BCUT2D eigenvalue weighted by molar-refractivity contribution is -0.140. The van der Waals surface area contributed by atoms with Gasteiger partial charge in [-0.15, -0.1) is 11.3 Å². The number of amides is 1. The van der Waals surface area contributed by atoms with E-state index < -0.39 is 0 Å². The maximum absolute atomic E-state index is 12.3. The molecule has 2 N–H and O–H groups in total. The van der Waals surface area contributed by atoms with E-state index in [-0.39, 0.29) is 18.1 Å². The first-order chi connectivity index (χ1) is 10.5. The SMILES string of the molecule is C[C@H]1CN(C(=O)CSc2nc(N)c3ccsc3n2)C[C@H](C)O1. The molecule has 6 nitrogen and oxygen atoms in total. The fourth-order valence-electron chi connectivity index (χ4n) is 2.52. The van der Waals surface area contributed by atoms with Crippen LogP contribution in [-0.2, 0) is 9.53 Å². The van der Waals surface area contributed by atoms with Crippen LogP contribution in [0.4, 0.5) is 5.82 Å². The predicted octanol–water partition coefficient (Wildman–Crippen LogP) is 2.00. The molecule has 0 radical (unpaired) electrons. The molecule has 0 unspecified atom stereocenters. The molecule has 0 aromatic carbocycles. The molecule has 0 bridgehead atoms. The van der Waals surface area contributed by atoms with Crippen molar-refractivity contribution in [2.24, 2.45) is 0 Å². The minimum atomic E-state index is 0.0760. The molecule has 1 amide bonds. The number of carbonyl (C=O) groups excluding carboxylic acids is 1. The summed E-state index contributed by atoms with van der Waals surface area (Å²) in [5.74, 6) is 0.866. The molecule has 1 fully saturated rings. The lowest BCUT2D eigenvalue weighted by Crippen LogP contribution is -2.48. The van der Waals surface area contributed by atoms with Gasteiger partial charge in [0.05, 0.1) is 23.3 Å². The molecule has 0 aliphatic carbocycles.